The van der Waals surface area contributed by atoms with Crippen LogP contribution in [-0.4, -0.2) is 66.5 Å². The molecule has 0 aliphatic rings. The molecule has 0 heterocycles. The zero-order valence-electron chi connectivity index (χ0n) is 41.6. The molecule has 380 valence electrons. The third-order valence-corrected chi connectivity index (χ3v) is 11.6. The number of aliphatic hydroxyl groups is 1. The van der Waals surface area contributed by atoms with Crippen molar-refractivity contribution in [3.05, 3.63) is 72.9 Å². The standard InChI is InChI=1S/C54H93O11P/c1-4-7-10-13-16-19-21-23-24-25-26-28-29-32-34-37-40-43-52(56)61-47-51(65-54(58)45-42-39-36-33-30-27-22-20-17-14-11-8-5-2)49-63-66(59,60)62-48-50(46-55)64-53(57)44-41-38-35-31-18-15-12-9-6-3/h7-8,10-11,16-17,19-20,23-24,27,30,50-51,55H,4-6,9,12-15,18,21-22,25-26,28-29,31-49H2,1-3H3,(H,59,60)/b10-7-,11-8-,19-16-,20-17-,24-23-,30-27-. The molecule has 2 N–H and O–H groups in total. The molecule has 3 unspecified atom stereocenters. The van der Waals surface area contributed by atoms with E-state index in [4.69, 9.17) is 23.3 Å². The average molecular weight is 949 g/mol. The van der Waals surface area contributed by atoms with Crippen LogP contribution in [0, 0.1) is 0 Å². The van der Waals surface area contributed by atoms with Crippen molar-refractivity contribution in [1.29, 1.82) is 0 Å². The molecule has 0 aromatic carbocycles. The topological polar surface area (TPSA) is 155 Å². The molecule has 0 saturated heterocycles. The van der Waals surface area contributed by atoms with E-state index in [1.807, 2.05) is 0 Å². The first-order valence-electron chi connectivity index (χ1n) is 25.8. The molecule has 0 aliphatic heterocycles. The zero-order chi connectivity index (χ0) is 48.4. The van der Waals surface area contributed by atoms with Gasteiger partial charge < -0.3 is 24.2 Å². The number of rotatable bonds is 47. The third-order valence-electron chi connectivity index (χ3n) is 10.6. The fraction of sp³-hybridized carbons (Fsp3) is 0.722. The summed E-state index contributed by atoms with van der Waals surface area (Å²) in [5.41, 5.74) is 0. The summed E-state index contributed by atoms with van der Waals surface area (Å²) in [6.07, 6.45) is 51.7. The van der Waals surface area contributed by atoms with Gasteiger partial charge in [-0.2, -0.15) is 0 Å². The van der Waals surface area contributed by atoms with Gasteiger partial charge in [0.05, 0.1) is 19.8 Å². The Labute approximate surface area is 401 Å². The quantitative estimate of drug-likeness (QED) is 0.0197. The van der Waals surface area contributed by atoms with Gasteiger partial charge in [0.2, 0.25) is 0 Å². The van der Waals surface area contributed by atoms with Crippen LogP contribution >= 0.6 is 7.82 Å². The minimum absolute atomic E-state index is 0.129. The summed E-state index contributed by atoms with van der Waals surface area (Å²) < 4.78 is 39.3. The van der Waals surface area contributed by atoms with Crippen molar-refractivity contribution in [2.45, 2.75) is 226 Å². The zero-order valence-corrected chi connectivity index (χ0v) is 42.5. The Morgan fingerprint density at radius 3 is 1.23 bits per heavy atom. The fourth-order valence-corrected chi connectivity index (χ4v) is 7.52. The van der Waals surface area contributed by atoms with E-state index in [2.05, 4.69) is 93.7 Å². The summed E-state index contributed by atoms with van der Waals surface area (Å²) in [6, 6.07) is 0. The van der Waals surface area contributed by atoms with Gasteiger partial charge in [-0.25, -0.2) is 4.57 Å². The number of aliphatic hydroxyl groups excluding tert-OH is 1. The molecule has 0 spiro atoms. The number of phosphoric ester groups is 1. The highest BCUT2D eigenvalue weighted by atomic mass is 31.2. The van der Waals surface area contributed by atoms with E-state index in [-0.39, 0.29) is 25.9 Å². The maximum absolute atomic E-state index is 12.8. The minimum Gasteiger partial charge on any atom is -0.462 e. The predicted molar refractivity (Wildman–Crippen MR) is 270 cm³/mol. The Balaban J connectivity index is 4.78. The summed E-state index contributed by atoms with van der Waals surface area (Å²) in [5.74, 6) is -1.52. The van der Waals surface area contributed by atoms with Gasteiger partial charge in [-0.15, -0.1) is 0 Å². The van der Waals surface area contributed by atoms with Gasteiger partial charge in [-0.3, -0.25) is 23.4 Å². The molecular weight excluding hydrogens is 856 g/mol. The van der Waals surface area contributed by atoms with E-state index in [1.165, 1.54) is 44.9 Å². The lowest BCUT2D eigenvalue weighted by Crippen LogP contribution is -2.30. The number of allylic oxidation sites excluding steroid dienone is 12. The Kier molecular flexibility index (Phi) is 46.1. The predicted octanol–water partition coefficient (Wildman–Crippen LogP) is 14.6. The van der Waals surface area contributed by atoms with Crippen molar-refractivity contribution in [1.82, 2.24) is 0 Å². The maximum atomic E-state index is 12.8. The fourth-order valence-electron chi connectivity index (χ4n) is 6.74. The SMILES string of the molecule is CC/C=C\C/C=C\C/C=C\CCCCCCCCCC(=O)OCC(COP(=O)(O)OCC(CO)OC(=O)CCCCCCCCCCC)OC(=O)CCCCC/C=C\C/C=C\C/C=C\CC. The average Bonchev–Trinajstić information content (AvgIpc) is 3.30. The number of hydrogen-bond donors (Lipinski definition) is 2. The van der Waals surface area contributed by atoms with E-state index in [1.54, 1.807) is 0 Å². The van der Waals surface area contributed by atoms with Crippen LogP contribution in [0.15, 0.2) is 72.9 Å². The largest absolute Gasteiger partial charge is 0.472 e. The number of hydrogen-bond acceptors (Lipinski definition) is 10. The normalized spacial score (nSPS) is 14.1. The molecule has 0 amide bonds. The lowest BCUT2D eigenvalue weighted by atomic mass is 10.1. The van der Waals surface area contributed by atoms with Gasteiger partial charge in [0.15, 0.2) is 6.10 Å². The highest BCUT2D eigenvalue weighted by Crippen LogP contribution is 2.43. The second kappa shape index (κ2) is 48.4. The summed E-state index contributed by atoms with van der Waals surface area (Å²) in [6.45, 7) is 4.33. The lowest BCUT2D eigenvalue weighted by molar-refractivity contribution is -0.161. The first-order valence-corrected chi connectivity index (χ1v) is 27.3. The summed E-state index contributed by atoms with van der Waals surface area (Å²) in [5, 5.41) is 9.74. The van der Waals surface area contributed by atoms with Crippen LogP contribution in [0.25, 0.3) is 0 Å². The molecule has 11 nitrogen and oxygen atoms in total. The molecule has 0 saturated carbocycles. The van der Waals surface area contributed by atoms with Crippen molar-refractivity contribution in [3.63, 3.8) is 0 Å². The Hall–Kier alpha value is -3.08. The molecule has 0 aliphatic carbocycles. The molecule has 0 aromatic heterocycles. The Bertz CT molecular complexity index is 1390. The van der Waals surface area contributed by atoms with E-state index in [9.17, 15) is 28.9 Å². The van der Waals surface area contributed by atoms with Gasteiger partial charge in [-0.05, 0) is 83.5 Å². The Morgan fingerprint density at radius 1 is 0.439 bits per heavy atom. The number of carbonyl (C=O) groups excluding carboxylic acids is 3. The number of unbranched alkanes of at least 4 members (excludes halogenated alkanes) is 18. The molecule has 66 heavy (non-hydrogen) atoms. The van der Waals surface area contributed by atoms with Crippen molar-refractivity contribution in [2.24, 2.45) is 0 Å². The van der Waals surface area contributed by atoms with Crippen LogP contribution in [0.1, 0.15) is 213 Å². The monoisotopic (exact) mass is 949 g/mol. The highest BCUT2D eigenvalue weighted by Gasteiger charge is 2.28. The molecule has 0 bridgehead atoms. The molecule has 3 atom stereocenters. The second-order valence-electron chi connectivity index (χ2n) is 16.9. The summed E-state index contributed by atoms with van der Waals surface area (Å²) in [4.78, 5) is 48.2. The van der Waals surface area contributed by atoms with Crippen molar-refractivity contribution in [2.75, 3.05) is 26.4 Å². The first-order chi connectivity index (χ1) is 32.2. The van der Waals surface area contributed by atoms with E-state index >= 15 is 0 Å². The van der Waals surface area contributed by atoms with Crippen LogP contribution in [0.2, 0.25) is 0 Å². The molecule has 0 radical (unpaired) electrons. The number of phosphoric acid groups is 1. The van der Waals surface area contributed by atoms with Crippen molar-refractivity contribution in [3.8, 4) is 0 Å². The van der Waals surface area contributed by atoms with Crippen LogP contribution in [0.3, 0.4) is 0 Å². The van der Waals surface area contributed by atoms with E-state index < -0.39 is 57.8 Å². The summed E-state index contributed by atoms with van der Waals surface area (Å²) in [7, 11) is -4.75. The first kappa shape index (κ1) is 62.9. The number of ether oxygens (including phenoxy) is 3. The van der Waals surface area contributed by atoms with Gasteiger partial charge >= 0.3 is 25.7 Å². The van der Waals surface area contributed by atoms with Crippen LogP contribution in [-0.2, 0) is 42.2 Å². The smallest absolute Gasteiger partial charge is 0.462 e. The third kappa shape index (κ3) is 46.0. The van der Waals surface area contributed by atoms with E-state index in [0.717, 1.165) is 109 Å². The molecule has 0 aromatic rings. The van der Waals surface area contributed by atoms with Crippen LogP contribution < -0.4 is 0 Å². The second-order valence-corrected chi connectivity index (χ2v) is 18.4. The van der Waals surface area contributed by atoms with Gasteiger partial charge in [0, 0.05) is 19.3 Å². The van der Waals surface area contributed by atoms with Crippen LogP contribution in [0.5, 0.6) is 0 Å². The number of esters is 3. The minimum atomic E-state index is -4.75. The molecule has 0 rings (SSSR count). The highest BCUT2D eigenvalue weighted by molar-refractivity contribution is 7.47. The maximum Gasteiger partial charge on any atom is 0.472 e. The van der Waals surface area contributed by atoms with E-state index in [0.29, 0.717) is 19.3 Å². The molecule has 0 fully saturated rings. The van der Waals surface area contributed by atoms with Crippen molar-refractivity contribution >= 4 is 25.7 Å². The van der Waals surface area contributed by atoms with Crippen molar-refractivity contribution < 1.29 is 52.2 Å². The van der Waals surface area contributed by atoms with Gasteiger partial charge in [-0.1, -0.05) is 184 Å². The molecule has 12 heteroatoms. The summed E-state index contributed by atoms with van der Waals surface area (Å²) >= 11 is 0. The van der Waals surface area contributed by atoms with Crippen LogP contribution in [0.4, 0.5) is 0 Å². The number of carbonyl (C=O) groups is 3. The lowest BCUT2D eigenvalue weighted by Gasteiger charge is -2.21. The Morgan fingerprint density at radius 2 is 0.788 bits per heavy atom. The van der Waals surface area contributed by atoms with Gasteiger partial charge in [0.25, 0.3) is 0 Å². The van der Waals surface area contributed by atoms with Gasteiger partial charge in [0.1, 0.15) is 12.7 Å². The molecular formula is C54H93O11P.